The highest BCUT2D eigenvalue weighted by Crippen LogP contribution is 2.42. The van der Waals surface area contributed by atoms with E-state index in [2.05, 4.69) is 45.8 Å². The van der Waals surface area contributed by atoms with Gasteiger partial charge < -0.3 is 9.64 Å². The van der Waals surface area contributed by atoms with Crippen LogP contribution in [0.15, 0.2) is 16.3 Å². The van der Waals surface area contributed by atoms with Gasteiger partial charge in [0.15, 0.2) is 0 Å². The second-order valence-electron chi connectivity index (χ2n) is 7.93. The molecule has 0 radical (unpaired) electrons. The summed E-state index contributed by atoms with van der Waals surface area (Å²) in [5.74, 6) is 1.16. The molecule has 3 aliphatic heterocycles. The van der Waals surface area contributed by atoms with E-state index in [1.165, 1.54) is 11.3 Å². The minimum Gasteiger partial charge on any atom is -0.448 e. The molecule has 0 bridgehead atoms. The molecule has 6 heteroatoms. The predicted octanol–water partition coefficient (Wildman–Crippen LogP) is 3.37. The highest BCUT2D eigenvalue weighted by molar-refractivity contribution is 7.99. The van der Waals surface area contributed by atoms with Crippen LogP contribution in [-0.4, -0.2) is 65.0 Å². The number of aliphatic imine (C=N–C) groups is 1. The van der Waals surface area contributed by atoms with E-state index in [1.54, 1.807) is 0 Å². The third-order valence-corrected chi connectivity index (χ3v) is 6.16. The molecule has 3 rings (SSSR count). The molecule has 0 aromatic rings. The molecule has 1 amide bonds. The number of cyclic esters (lactones) is 1. The van der Waals surface area contributed by atoms with Gasteiger partial charge in [0.1, 0.15) is 12.4 Å². The maximum atomic E-state index is 12.0. The van der Waals surface area contributed by atoms with E-state index in [0.717, 1.165) is 18.8 Å². The van der Waals surface area contributed by atoms with Gasteiger partial charge in [-0.3, -0.25) is 9.89 Å². The highest BCUT2D eigenvalue weighted by atomic mass is 32.2. The Morgan fingerprint density at radius 3 is 2.62 bits per heavy atom. The first-order valence-electron chi connectivity index (χ1n) is 8.79. The molecular formula is C18H29N3O2S. The monoisotopic (exact) mass is 351 g/mol. The van der Waals surface area contributed by atoms with Crippen LogP contribution in [0.25, 0.3) is 0 Å². The van der Waals surface area contributed by atoms with Gasteiger partial charge in [0, 0.05) is 18.7 Å². The van der Waals surface area contributed by atoms with Crippen molar-refractivity contribution in [3.05, 3.63) is 11.3 Å². The Hall–Kier alpha value is -1.17. The molecule has 0 spiro atoms. The number of fused-ring (bicyclic) bond motifs is 1. The van der Waals surface area contributed by atoms with E-state index < -0.39 is 0 Å². The zero-order valence-corrected chi connectivity index (χ0v) is 16.4. The first kappa shape index (κ1) is 17.6. The minimum absolute atomic E-state index is 0.0744. The van der Waals surface area contributed by atoms with E-state index >= 15 is 0 Å². The Labute approximate surface area is 149 Å². The average Bonchev–Trinajstić information content (AvgIpc) is 3.09. The minimum atomic E-state index is -0.165. The summed E-state index contributed by atoms with van der Waals surface area (Å²) in [7, 11) is 0. The smallest absolute Gasteiger partial charge is 0.410 e. The second kappa shape index (κ2) is 6.28. The zero-order valence-electron chi connectivity index (χ0n) is 15.6. The van der Waals surface area contributed by atoms with E-state index in [-0.39, 0.29) is 23.6 Å². The van der Waals surface area contributed by atoms with Crippen molar-refractivity contribution >= 4 is 23.7 Å². The molecule has 2 saturated heterocycles. The van der Waals surface area contributed by atoms with Crippen LogP contribution in [0, 0.1) is 5.41 Å². The van der Waals surface area contributed by atoms with Gasteiger partial charge in [0.05, 0.1) is 23.9 Å². The van der Waals surface area contributed by atoms with Crippen LogP contribution in [0.4, 0.5) is 4.79 Å². The lowest BCUT2D eigenvalue weighted by Crippen LogP contribution is -2.43. The van der Waals surface area contributed by atoms with Crippen molar-refractivity contribution in [1.82, 2.24) is 9.80 Å². The molecule has 0 aromatic heterocycles. The van der Waals surface area contributed by atoms with Crippen molar-refractivity contribution in [2.24, 2.45) is 10.4 Å². The summed E-state index contributed by atoms with van der Waals surface area (Å²) >= 11 is 1.82. The summed E-state index contributed by atoms with van der Waals surface area (Å²) in [6.45, 7) is 13.3. The fourth-order valence-electron chi connectivity index (χ4n) is 4.22. The Morgan fingerprint density at radius 2 is 2.08 bits per heavy atom. The fraction of sp³-hybridized carbons (Fsp3) is 0.778. The summed E-state index contributed by atoms with van der Waals surface area (Å²) in [6, 6.07) is 0.391. The van der Waals surface area contributed by atoms with Gasteiger partial charge in [0.25, 0.3) is 0 Å². The molecule has 0 N–H and O–H groups in total. The Balaban J connectivity index is 1.98. The van der Waals surface area contributed by atoms with Gasteiger partial charge in [-0.15, -0.1) is 0 Å². The molecular weight excluding hydrogens is 322 g/mol. The molecule has 1 unspecified atom stereocenters. The van der Waals surface area contributed by atoms with Crippen LogP contribution in [0.1, 0.15) is 41.0 Å². The molecule has 3 heterocycles. The van der Waals surface area contributed by atoms with Crippen molar-refractivity contribution in [3.63, 3.8) is 0 Å². The fourth-order valence-corrected chi connectivity index (χ4v) is 4.61. The van der Waals surface area contributed by atoms with Crippen molar-refractivity contribution in [2.75, 3.05) is 26.0 Å². The molecule has 0 aromatic carbocycles. The molecule has 134 valence electrons. The van der Waals surface area contributed by atoms with E-state index in [0.29, 0.717) is 18.4 Å². The molecule has 0 saturated carbocycles. The molecule has 5 nitrogen and oxygen atoms in total. The Bertz CT molecular complexity index is 594. The number of carbonyl (C=O) groups excluding carboxylic acids is 1. The summed E-state index contributed by atoms with van der Waals surface area (Å²) in [5.41, 5.74) is 2.87. The van der Waals surface area contributed by atoms with Crippen molar-refractivity contribution < 1.29 is 9.53 Å². The maximum Gasteiger partial charge on any atom is 0.410 e. The molecule has 24 heavy (non-hydrogen) atoms. The van der Waals surface area contributed by atoms with Gasteiger partial charge in [-0.2, -0.15) is 11.8 Å². The van der Waals surface area contributed by atoms with E-state index in [4.69, 9.17) is 9.73 Å². The SMILES string of the molecule is CSC(C)C1=N[C@@H](C)C(C(C)(C)C)=C2C[C@H](N3CCOC3=O)CN12. The number of amides is 1. The van der Waals surface area contributed by atoms with Gasteiger partial charge in [0.2, 0.25) is 0 Å². The van der Waals surface area contributed by atoms with Crippen LogP contribution in [-0.2, 0) is 4.74 Å². The number of nitrogens with zero attached hydrogens (tertiary/aromatic N) is 3. The molecule has 3 aliphatic rings. The van der Waals surface area contributed by atoms with Gasteiger partial charge in [-0.05, 0) is 31.1 Å². The van der Waals surface area contributed by atoms with Crippen molar-refractivity contribution in [1.29, 1.82) is 0 Å². The number of rotatable bonds is 3. The van der Waals surface area contributed by atoms with Gasteiger partial charge in [-0.1, -0.05) is 20.8 Å². The summed E-state index contributed by atoms with van der Waals surface area (Å²) in [5, 5.41) is 0.355. The van der Waals surface area contributed by atoms with Crippen LogP contribution >= 0.6 is 11.8 Å². The lowest BCUT2D eigenvalue weighted by molar-refractivity contribution is 0.149. The number of hydrogen-bond donors (Lipinski definition) is 0. The highest BCUT2D eigenvalue weighted by Gasteiger charge is 2.44. The summed E-state index contributed by atoms with van der Waals surface area (Å²) in [6.07, 6.45) is 2.88. The number of carbonyl (C=O) groups is 1. The predicted molar refractivity (Wildman–Crippen MR) is 99.5 cm³/mol. The number of ether oxygens (including phenoxy) is 1. The first-order chi connectivity index (χ1) is 11.2. The second-order valence-corrected chi connectivity index (χ2v) is 9.11. The van der Waals surface area contributed by atoms with Crippen LogP contribution in [0.5, 0.6) is 0 Å². The number of thioether (sulfide) groups is 1. The van der Waals surface area contributed by atoms with E-state index in [1.807, 2.05) is 16.7 Å². The standard InChI is InChI=1S/C18H29N3O2S/c1-11-15(18(3,4)5)14-9-13(20-7-8-23-17(20)22)10-21(14)16(19-11)12(2)24-6/h11-13H,7-10H2,1-6H3/t11-,12?,13-/m0/s1. The summed E-state index contributed by atoms with van der Waals surface area (Å²) < 4.78 is 5.16. The van der Waals surface area contributed by atoms with Gasteiger partial charge in [-0.25, -0.2) is 4.79 Å². The third-order valence-electron chi connectivity index (χ3n) is 5.24. The average molecular weight is 352 g/mol. The summed E-state index contributed by atoms with van der Waals surface area (Å²) in [4.78, 5) is 21.4. The Morgan fingerprint density at radius 1 is 1.38 bits per heavy atom. The van der Waals surface area contributed by atoms with Crippen LogP contribution in [0.2, 0.25) is 0 Å². The largest absolute Gasteiger partial charge is 0.448 e. The van der Waals surface area contributed by atoms with Crippen molar-refractivity contribution in [3.8, 4) is 0 Å². The van der Waals surface area contributed by atoms with Gasteiger partial charge >= 0.3 is 6.09 Å². The normalized spacial score (nSPS) is 28.9. The quantitative estimate of drug-likeness (QED) is 0.782. The zero-order chi connectivity index (χ0) is 17.6. The number of amidine groups is 1. The molecule has 0 aliphatic carbocycles. The lowest BCUT2D eigenvalue weighted by atomic mass is 9.80. The van der Waals surface area contributed by atoms with E-state index in [9.17, 15) is 4.79 Å². The van der Waals surface area contributed by atoms with Crippen LogP contribution < -0.4 is 0 Å². The number of hydrogen-bond acceptors (Lipinski definition) is 5. The molecule has 3 atom stereocenters. The Kier molecular flexibility index (Phi) is 4.62. The first-order valence-corrected chi connectivity index (χ1v) is 10.1. The lowest BCUT2D eigenvalue weighted by Gasteiger charge is -2.38. The van der Waals surface area contributed by atoms with Crippen LogP contribution in [0.3, 0.4) is 0 Å². The third kappa shape index (κ3) is 2.93. The topological polar surface area (TPSA) is 45.1 Å². The molecule has 2 fully saturated rings. The maximum absolute atomic E-state index is 12.0. The van der Waals surface area contributed by atoms with Crippen molar-refractivity contribution in [2.45, 2.75) is 58.4 Å².